The van der Waals surface area contributed by atoms with Gasteiger partial charge < -0.3 is 20.3 Å². The molecule has 1 saturated heterocycles. The number of benzene rings is 2. The van der Waals surface area contributed by atoms with Crippen molar-refractivity contribution in [3.05, 3.63) is 63.5 Å². The molecule has 1 atom stereocenters. The van der Waals surface area contributed by atoms with Crippen LogP contribution in [0.2, 0.25) is 0 Å². The number of hydrogen-bond acceptors (Lipinski definition) is 4. The van der Waals surface area contributed by atoms with Crippen molar-refractivity contribution in [3.63, 3.8) is 0 Å². The lowest BCUT2D eigenvalue weighted by molar-refractivity contribution is -0.133. The summed E-state index contributed by atoms with van der Waals surface area (Å²) in [6.45, 7) is 2.57. The van der Waals surface area contributed by atoms with Crippen LogP contribution in [0, 0.1) is 9.39 Å². The summed E-state index contributed by atoms with van der Waals surface area (Å²) in [5.41, 5.74) is 6.68. The maximum Gasteiger partial charge on any atom is 0.405 e. The molecule has 0 aromatic heterocycles. The molecular formula is C20H21FIN3O3. The lowest BCUT2D eigenvalue weighted by Crippen LogP contribution is -2.49. The van der Waals surface area contributed by atoms with Crippen molar-refractivity contribution in [1.29, 1.82) is 0 Å². The molecule has 2 amide bonds. The van der Waals surface area contributed by atoms with Gasteiger partial charge in [-0.2, -0.15) is 0 Å². The number of rotatable bonds is 5. The maximum absolute atomic E-state index is 13.9. The number of amides is 2. The van der Waals surface area contributed by atoms with Gasteiger partial charge in [-0.1, -0.05) is 24.3 Å². The fourth-order valence-electron chi connectivity index (χ4n) is 3.22. The fourth-order valence-corrected chi connectivity index (χ4v) is 3.56. The first kappa shape index (κ1) is 20.4. The summed E-state index contributed by atoms with van der Waals surface area (Å²) < 4.78 is 19.4. The van der Waals surface area contributed by atoms with E-state index in [1.54, 1.807) is 17.0 Å². The number of nitrogens with two attached hydrogens (primary N) is 1. The molecule has 1 aliphatic heterocycles. The van der Waals surface area contributed by atoms with Gasteiger partial charge in [0.15, 0.2) is 0 Å². The van der Waals surface area contributed by atoms with Crippen LogP contribution < -0.4 is 10.6 Å². The summed E-state index contributed by atoms with van der Waals surface area (Å²) in [4.78, 5) is 28.0. The molecule has 0 saturated carbocycles. The summed E-state index contributed by atoms with van der Waals surface area (Å²) in [5, 5.41) is 0. The van der Waals surface area contributed by atoms with Crippen LogP contribution in [0.15, 0.2) is 48.5 Å². The highest BCUT2D eigenvalue weighted by atomic mass is 127. The van der Waals surface area contributed by atoms with Gasteiger partial charge in [0.1, 0.15) is 11.9 Å². The third-order valence-corrected chi connectivity index (χ3v) is 5.56. The molecule has 2 N–H and O–H groups in total. The van der Waals surface area contributed by atoms with Gasteiger partial charge in [-0.3, -0.25) is 4.79 Å². The van der Waals surface area contributed by atoms with Crippen LogP contribution >= 0.6 is 22.6 Å². The second kappa shape index (κ2) is 9.22. The smallest absolute Gasteiger partial charge is 0.405 e. The van der Waals surface area contributed by atoms with E-state index < -0.39 is 18.0 Å². The van der Waals surface area contributed by atoms with Gasteiger partial charge >= 0.3 is 6.09 Å². The van der Waals surface area contributed by atoms with Crippen LogP contribution in [-0.4, -0.2) is 43.1 Å². The predicted molar refractivity (Wildman–Crippen MR) is 112 cm³/mol. The van der Waals surface area contributed by atoms with E-state index in [0.717, 1.165) is 18.8 Å². The van der Waals surface area contributed by atoms with E-state index in [0.29, 0.717) is 22.2 Å². The van der Waals surface area contributed by atoms with Crippen LogP contribution in [0.25, 0.3) is 0 Å². The van der Waals surface area contributed by atoms with Crippen LogP contribution in [-0.2, 0) is 9.53 Å². The highest BCUT2D eigenvalue weighted by Gasteiger charge is 2.26. The molecule has 28 heavy (non-hydrogen) atoms. The van der Waals surface area contributed by atoms with E-state index in [9.17, 15) is 14.0 Å². The highest BCUT2D eigenvalue weighted by Crippen LogP contribution is 2.25. The first-order chi connectivity index (χ1) is 13.4. The van der Waals surface area contributed by atoms with Gasteiger partial charge in [0.05, 0.1) is 6.42 Å². The molecule has 0 bridgehead atoms. The van der Waals surface area contributed by atoms with Gasteiger partial charge in [0.2, 0.25) is 5.91 Å². The van der Waals surface area contributed by atoms with Crippen LogP contribution in [0.5, 0.6) is 0 Å². The lowest BCUT2D eigenvalue weighted by Gasteiger charge is -2.36. The van der Waals surface area contributed by atoms with Crippen LogP contribution in [0.4, 0.5) is 14.9 Å². The van der Waals surface area contributed by atoms with Crippen molar-refractivity contribution in [2.75, 3.05) is 31.1 Å². The molecule has 0 radical (unpaired) electrons. The standard InChI is InChI=1S/C20H21FIN3O3/c21-16-12-14(6-7-17(16)22)18(28-20(23)27)13-19(26)25-10-8-24(9-11-25)15-4-2-1-3-5-15/h1-7,12,18H,8-11,13H2,(H2,23,27). The second-order valence-electron chi connectivity index (χ2n) is 6.51. The summed E-state index contributed by atoms with van der Waals surface area (Å²) in [7, 11) is 0. The molecule has 6 nitrogen and oxygen atoms in total. The zero-order valence-electron chi connectivity index (χ0n) is 15.2. The number of para-hydroxylation sites is 1. The zero-order valence-corrected chi connectivity index (χ0v) is 17.3. The summed E-state index contributed by atoms with van der Waals surface area (Å²) >= 11 is 1.87. The highest BCUT2D eigenvalue weighted by molar-refractivity contribution is 14.1. The Morgan fingerprint density at radius 1 is 1.11 bits per heavy atom. The first-order valence-corrected chi connectivity index (χ1v) is 10.0. The van der Waals surface area contributed by atoms with E-state index in [1.165, 1.54) is 6.07 Å². The molecular weight excluding hydrogens is 476 g/mol. The monoisotopic (exact) mass is 497 g/mol. The molecule has 2 aromatic rings. The average Bonchev–Trinajstić information content (AvgIpc) is 2.70. The number of nitrogens with zero attached hydrogens (tertiary/aromatic N) is 2. The normalized spacial score (nSPS) is 15.2. The first-order valence-electron chi connectivity index (χ1n) is 8.93. The minimum absolute atomic E-state index is 0.0751. The van der Waals surface area contributed by atoms with Gasteiger partial charge in [0, 0.05) is 35.4 Å². The van der Waals surface area contributed by atoms with Gasteiger partial charge in [-0.05, 0) is 52.4 Å². The Labute approximate surface area is 176 Å². The second-order valence-corrected chi connectivity index (χ2v) is 7.67. The summed E-state index contributed by atoms with van der Waals surface area (Å²) in [5.74, 6) is -0.585. The van der Waals surface area contributed by atoms with E-state index in [-0.39, 0.29) is 12.3 Å². The number of piperazine rings is 1. The number of primary amides is 1. The predicted octanol–water partition coefficient (Wildman–Crippen LogP) is 3.31. The molecule has 3 rings (SSSR count). The number of carbonyl (C=O) groups excluding carboxylic acids is 2. The van der Waals surface area contributed by atoms with Crippen molar-refractivity contribution in [2.45, 2.75) is 12.5 Å². The number of ether oxygens (including phenoxy) is 1. The Kier molecular flexibility index (Phi) is 6.71. The number of anilines is 1. The molecule has 1 heterocycles. The molecule has 2 aromatic carbocycles. The third-order valence-electron chi connectivity index (χ3n) is 4.69. The zero-order chi connectivity index (χ0) is 20.1. The Balaban J connectivity index is 1.64. The molecule has 148 valence electrons. The minimum atomic E-state index is -0.995. The molecule has 1 unspecified atom stereocenters. The van der Waals surface area contributed by atoms with Crippen molar-refractivity contribution >= 4 is 40.3 Å². The maximum atomic E-state index is 13.9. The largest absolute Gasteiger partial charge is 0.441 e. The summed E-state index contributed by atoms with van der Waals surface area (Å²) in [6, 6.07) is 14.5. The Morgan fingerprint density at radius 3 is 2.39 bits per heavy atom. The van der Waals surface area contributed by atoms with Crippen LogP contribution in [0.1, 0.15) is 18.1 Å². The summed E-state index contributed by atoms with van der Waals surface area (Å²) in [6.07, 6.45) is -1.98. The molecule has 8 heteroatoms. The quantitative estimate of drug-likeness (QED) is 0.644. The lowest BCUT2D eigenvalue weighted by atomic mass is 10.1. The van der Waals surface area contributed by atoms with Gasteiger partial charge in [0.25, 0.3) is 0 Å². The number of halogens is 2. The Morgan fingerprint density at radius 2 is 1.79 bits per heavy atom. The van der Waals surface area contributed by atoms with Crippen LogP contribution in [0.3, 0.4) is 0 Å². The topological polar surface area (TPSA) is 75.9 Å². The SMILES string of the molecule is NC(=O)OC(CC(=O)N1CCN(c2ccccc2)CC1)c1ccc(I)c(F)c1. The van der Waals surface area contributed by atoms with Crippen molar-refractivity contribution < 1.29 is 18.7 Å². The Hall–Kier alpha value is -2.36. The molecule has 1 fully saturated rings. The fraction of sp³-hybridized carbons (Fsp3) is 0.300. The average molecular weight is 497 g/mol. The van der Waals surface area contributed by atoms with E-state index in [4.69, 9.17) is 10.5 Å². The van der Waals surface area contributed by atoms with E-state index >= 15 is 0 Å². The van der Waals surface area contributed by atoms with Gasteiger partial charge in [-0.15, -0.1) is 0 Å². The molecule has 0 aliphatic carbocycles. The number of hydrogen-bond donors (Lipinski definition) is 1. The minimum Gasteiger partial charge on any atom is -0.441 e. The van der Waals surface area contributed by atoms with Gasteiger partial charge in [-0.25, -0.2) is 9.18 Å². The third kappa shape index (κ3) is 5.12. The van der Waals surface area contributed by atoms with Crippen molar-refractivity contribution in [2.24, 2.45) is 5.73 Å². The molecule has 0 spiro atoms. The van der Waals surface area contributed by atoms with Crippen molar-refractivity contribution in [1.82, 2.24) is 4.90 Å². The number of carbonyl (C=O) groups is 2. The van der Waals surface area contributed by atoms with Crippen molar-refractivity contribution in [3.8, 4) is 0 Å². The van der Waals surface area contributed by atoms with E-state index in [1.807, 2.05) is 52.9 Å². The van der Waals surface area contributed by atoms with E-state index in [2.05, 4.69) is 4.90 Å². The molecule has 1 aliphatic rings. The Bertz CT molecular complexity index is 842.